The van der Waals surface area contributed by atoms with Crippen LogP contribution in [0.3, 0.4) is 0 Å². The molecule has 3 rings (SSSR count). The van der Waals surface area contributed by atoms with Crippen LogP contribution in [0.2, 0.25) is 0 Å². The summed E-state index contributed by atoms with van der Waals surface area (Å²) >= 11 is 0. The number of rotatable bonds is 5. The summed E-state index contributed by atoms with van der Waals surface area (Å²) in [5.74, 6) is 0.252. The van der Waals surface area contributed by atoms with Crippen LogP contribution in [0.4, 0.5) is 5.69 Å². The molecule has 7 heteroatoms. The number of carbonyl (C=O) groups is 1. The molecule has 1 aromatic carbocycles. The van der Waals surface area contributed by atoms with Gasteiger partial charge in [0.25, 0.3) is 5.69 Å². The molecule has 2 heterocycles. The van der Waals surface area contributed by atoms with Crippen LogP contribution in [0.25, 0.3) is 0 Å². The van der Waals surface area contributed by atoms with E-state index in [1.54, 1.807) is 12.1 Å². The second-order valence-electron chi connectivity index (χ2n) is 7.77. The van der Waals surface area contributed by atoms with Crippen molar-refractivity contribution in [1.82, 2.24) is 14.7 Å². The van der Waals surface area contributed by atoms with Gasteiger partial charge >= 0.3 is 0 Å². The molecule has 1 aromatic rings. The molecular formula is C20H30N4O3. The first-order valence-electron chi connectivity index (χ1n) is 9.96. The van der Waals surface area contributed by atoms with Gasteiger partial charge in [0, 0.05) is 56.9 Å². The van der Waals surface area contributed by atoms with Gasteiger partial charge in [0.15, 0.2) is 0 Å². The van der Waals surface area contributed by atoms with Crippen LogP contribution in [-0.4, -0.2) is 70.8 Å². The van der Waals surface area contributed by atoms with Gasteiger partial charge in [-0.05, 0) is 38.7 Å². The number of nitro groups is 1. The van der Waals surface area contributed by atoms with Crippen molar-refractivity contribution in [3.63, 3.8) is 0 Å². The zero-order chi connectivity index (χ0) is 19.4. The highest BCUT2D eigenvalue weighted by Gasteiger charge is 2.27. The van der Waals surface area contributed by atoms with Crippen LogP contribution in [-0.2, 0) is 4.79 Å². The summed E-state index contributed by atoms with van der Waals surface area (Å²) in [6.45, 7) is 9.08. The highest BCUT2D eigenvalue weighted by molar-refractivity contribution is 5.78. The molecular weight excluding hydrogens is 344 g/mol. The summed E-state index contributed by atoms with van der Waals surface area (Å²) in [7, 11) is 0. The first-order valence-corrected chi connectivity index (χ1v) is 9.96. The van der Waals surface area contributed by atoms with E-state index in [-0.39, 0.29) is 22.6 Å². The zero-order valence-electron chi connectivity index (χ0n) is 16.3. The van der Waals surface area contributed by atoms with Crippen LogP contribution in [0.1, 0.15) is 44.7 Å². The van der Waals surface area contributed by atoms with Crippen molar-refractivity contribution >= 4 is 11.6 Å². The summed E-state index contributed by atoms with van der Waals surface area (Å²) in [4.78, 5) is 29.9. The van der Waals surface area contributed by atoms with E-state index in [0.717, 1.165) is 51.1 Å². The molecule has 7 nitrogen and oxygen atoms in total. The number of nitrogens with zero attached hydrogens (tertiary/aromatic N) is 4. The smallest absolute Gasteiger partial charge is 0.269 e. The van der Waals surface area contributed by atoms with Gasteiger partial charge in [-0.15, -0.1) is 0 Å². The minimum atomic E-state index is -0.346. The fraction of sp³-hybridized carbons (Fsp3) is 0.650. The van der Waals surface area contributed by atoms with Crippen molar-refractivity contribution in [3.05, 3.63) is 39.9 Å². The summed E-state index contributed by atoms with van der Waals surface area (Å²) in [5.41, 5.74) is 1.11. The third-order valence-corrected chi connectivity index (χ3v) is 6.00. The summed E-state index contributed by atoms with van der Waals surface area (Å²) in [6.07, 6.45) is 3.45. The van der Waals surface area contributed by atoms with E-state index in [1.165, 1.54) is 12.5 Å². The fourth-order valence-electron chi connectivity index (χ4n) is 4.17. The lowest BCUT2D eigenvalue weighted by molar-refractivity contribution is -0.385. The molecule has 148 valence electrons. The van der Waals surface area contributed by atoms with Gasteiger partial charge in [0.2, 0.25) is 5.91 Å². The molecule has 0 bridgehead atoms. The Balaban J connectivity index is 1.51. The number of likely N-dealkylation sites (tertiary alicyclic amines) is 1. The summed E-state index contributed by atoms with van der Waals surface area (Å²) < 4.78 is 0. The lowest BCUT2D eigenvalue weighted by atomic mass is 10.0. The molecule has 27 heavy (non-hydrogen) atoms. The average molecular weight is 374 g/mol. The monoisotopic (exact) mass is 374 g/mol. The number of nitro benzene ring substituents is 1. The van der Waals surface area contributed by atoms with Gasteiger partial charge in [-0.25, -0.2) is 0 Å². The van der Waals surface area contributed by atoms with Crippen LogP contribution in [0.5, 0.6) is 0 Å². The molecule has 0 aliphatic carbocycles. The predicted octanol–water partition coefficient (Wildman–Crippen LogP) is 2.67. The van der Waals surface area contributed by atoms with Crippen molar-refractivity contribution in [2.45, 2.75) is 45.2 Å². The predicted molar refractivity (Wildman–Crippen MR) is 105 cm³/mol. The number of non-ortho nitro benzene ring substituents is 1. The molecule has 0 N–H and O–H groups in total. The molecule has 2 saturated heterocycles. The lowest BCUT2D eigenvalue weighted by Crippen LogP contribution is -2.52. The molecule has 2 aliphatic rings. The minimum absolute atomic E-state index is 0.130. The Morgan fingerprint density at radius 1 is 1.22 bits per heavy atom. The number of amides is 1. The van der Waals surface area contributed by atoms with Crippen molar-refractivity contribution in [1.29, 1.82) is 0 Å². The Hall–Kier alpha value is -1.99. The highest BCUT2D eigenvalue weighted by atomic mass is 16.6. The molecule has 0 saturated carbocycles. The third-order valence-electron chi connectivity index (χ3n) is 6.00. The number of benzene rings is 1. The largest absolute Gasteiger partial charge is 0.339 e. The normalized spacial score (nSPS) is 23.2. The molecule has 0 aromatic heterocycles. The van der Waals surface area contributed by atoms with Gasteiger partial charge < -0.3 is 4.90 Å². The van der Waals surface area contributed by atoms with E-state index in [9.17, 15) is 14.9 Å². The van der Waals surface area contributed by atoms with Gasteiger partial charge in [-0.1, -0.05) is 12.1 Å². The SMILES string of the molecule is CC(c1cccc([N+](=O)[O-])c1)N1CCN(CC(=O)N2CCCCC2C)CC1. The Kier molecular flexibility index (Phi) is 6.44. The van der Waals surface area contributed by atoms with Crippen molar-refractivity contribution in [2.75, 3.05) is 39.3 Å². The Labute approximate surface area is 161 Å². The fourth-order valence-corrected chi connectivity index (χ4v) is 4.17. The van der Waals surface area contributed by atoms with E-state index >= 15 is 0 Å². The summed E-state index contributed by atoms with van der Waals surface area (Å²) in [5, 5.41) is 11.0. The first-order chi connectivity index (χ1) is 13.0. The second kappa shape index (κ2) is 8.80. The standard InChI is InChI=1S/C20H30N4O3/c1-16-6-3-4-9-23(16)20(25)15-21-10-12-22(13-11-21)17(2)18-7-5-8-19(14-18)24(26)27/h5,7-8,14,16-17H,3-4,6,9-13,15H2,1-2H3. The van der Waals surface area contributed by atoms with E-state index in [4.69, 9.17) is 0 Å². The Morgan fingerprint density at radius 3 is 2.63 bits per heavy atom. The van der Waals surface area contributed by atoms with Gasteiger partial charge in [0.05, 0.1) is 11.5 Å². The molecule has 0 radical (unpaired) electrons. The van der Waals surface area contributed by atoms with Gasteiger partial charge in [-0.2, -0.15) is 0 Å². The number of piperazine rings is 1. The van der Waals surface area contributed by atoms with Crippen LogP contribution in [0, 0.1) is 10.1 Å². The second-order valence-corrected chi connectivity index (χ2v) is 7.77. The number of carbonyl (C=O) groups excluding carboxylic acids is 1. The zero-order valence-corrected chi connectivity index (χ0v) is 16.3. The van der Waals surface area contributed by atoms with Crippen molar-refractivity contribution in [3.8, 4) is 0 Å². The van der Waals surface area contributed by atoms with Gasteiger partial charge in [0.1, 0.15) is 0 Å². The maximum absolute atomic E-state index is 12.6. The maximum Gasteiger partial charge on any atom is 0.269 e. The molecule has 0 spiro atoms. The molecule has 2 unspecified atom stereocenters. The van der Waals surface area contributed by atoms with E-state index in [0.29, 0.717) is 12.6 Å². The van der Waals surface area contributed by atoms with E-state index in [1.807, 2.05) is 11.0 Å². The van der Waals surface area contributed by atoms with Crippen molar-refractivity contribution < 1.29 is 9.72 Å². The van der Waals surface area contributed by atoms with Crippen LogP contribution >= 0.6 is 0 Å². The highest BCUT2D eigenvalue weighted by Crippen LogP contribution is 2.25. The van der Waals surface area contributed by atoms with Crippen LogP contribution in [0.15, 0.2) is 24.3 Å². The average Bonchev–Trinajstić information content (AvgIpc) is 2.68. The Morgan fingerprint density at radius 2 is 1.96 bits per heavy atom. The maximum atomic E-state index is 12.6. The molecule has 1 amide bonds. The number of hydrogen-bond acceptors (Lipinski definition) is 5. The third kappa shape index (κ3) is 4.84. The van der Waals surface area contributed by atoms with Crippen molar-refractivity contribution in [2.24, 2.45) is 0 Å². The van der Waals surface area contributed by atoms with Crippen LogP contribution < -0.4 is 0 Å². The summed E-state index contributed by atoms with van der Waals surface area (Å²) in [6, 6.07) is 7.38. The molecule has 2 aliphatic heterocycles. The van der Waals surface area contributed by atoms with E-state index in [2.05, 4.69) is 23.6 Å². The topological polar surface area (TPSA) is 69.9 Å². The molecule has 2 atom stereocenters. The first kappa shape index (κ1) is 19.8. The number of piperidine rings is 1. The lowest BCUT2D eigenvalue weighted by Gasteiger charge is -2.39. The quantitative estimate of drug-likeness (QED) is 0.585. The minimum Gasteiger partial charge on any atom is -0.339 e. The molecule has 2 fully saturated rings. The van der Waals surface area contributed by atoms with Gasteiger partial charge in [-0.3, -0.25) is 24.7 Å². The van der Waals surface area contributed by atoms with E-state index < -0.39 is 0 Å². The Bertz CT molecular complexity index is 673. The number of hydrogen-bond donors (Lipinski definition) is 0.